The fourth-order valence-electron chi connectivity index (χ4n) is 1.53. The Kier molecular flexibility index (Phi) is 5.05. The molecule has 0 bridgehead atoms. The summed E-state index contributed by atoms with van der Waals surface area (Å²) >= 11 is 5.63. The van der Waals surface area contributed by atoms with Crippen LogP contribution >= 0.6 is 11.6 Å². The molecule has 1 aromatic rings. The maximum atomic E-state index is 12.6. The first kappa shape index (κ1) is 15.6. The first-order valence-corrected chi connectivity index (χ1v) is 5.92. The normalized spacial score (nSPS) is 13.1. The van der Waals surface area contributed by atoms with E-state index in [2.05, 4.69) is 5.32 Å². The Morgan fingerprint density at radius 3 is 2.58 bits per heavy atom. The molecule has 0 aromatic heterocycles. The number of carboxylic acid groups (broad SMARTS) is 1. The molecule has 1 atom stereocenters. The quantitative estimate of drug-likeness (QED) is 0.862. The first-order valence-electron chi connectivity index (χ1n) is 5.54. The van der Waals surface area contributed by atoms with Gasteiger partial charge in [-0.1, -0.05) is 11.6 Å². The number of anilines is 1. The van der Waals surface area contributed by atoms with Crippen LogP contribution in [0.25, 0.3) is 0 Å². The lowest BCUT2D eigenvalue weighted by atomic mass is 10.1. The highest BCUT2D eigenvalue weighted by molar-refractivity contribution is 6.30. The molecule has 3 nitrogen and oxygen atoms in total. The first-order chi connectivity index (χ1) is 8.68. The second-order valence-corrected chi connectivity index (χ2v) is 4.64. The van der Waals surface area contributed by atoms with Crippen LogP contribution in [0.4, 0.5) is 18.9 Å². The topological polar surface area (TPSA) is 49.3 Å². The van der Waals surface area contributed by atoms with Gasteiger partial charge in [-0.3, -0.25) is 4.79 Å². The van der Waals surface area contributed by atoms with Gasteiger partial charge in [-0.2, -0.15) is 13.2 Å². The van der Waals surface area contributed by atoms with Gasteiger partial charge in [0.25, 0.3) is 0 Å². The van der Waals surface area contributed by atoms with Crippen LogP contribution in [0.2, 0.25) is 5.02 Å². The molecule has 0 aliphatic carbocycles. The van der Waals surface area contributed by atoms with E-state index in [1.54, 1.807) is 6.92 Å². The van der Waals surface area contributed by atoms with Gasteiger partial charge in [0, 0.05) is 23.2 Å². The van der Waals surface area contributed by atoms with Gasteiger partial charge in [0.05, 0.1) is 5.56 Å². The van der Waals surface area contributed by atoms with E-state index in [9.17, 15) is 18.0 Å². The molecule has 0 saturated heterocycles. The molecule has 1 unspecified atom stereocenters. The minimum Gasteiger partial charge on any atom is -0.481 e. The Labute approximate surface area is 113 Å². The van der Waals surface area contributed by atoms with Crippen LogP contribution in [0, 0.1) is 0 Å². The van der Waals surface area contributed by atoms with Crippen LogP contribution in [0.15, 0.2) is 18.2 Å². The number of carbonyl (C=O) groups is 1. The van der Waals surface area contributed by atoms with Crippen molar-refractivity contribution < 1.29 is 23.1 Å². The molecule has 0 radical (unpaired) electrons. The van der Waals surface area contributed by atoms with Gasteiger partial charge in [0.15, 0.2) is 0 Å². The lowest BCUT2D eigenvalue weighted by molar-refractivity contribution is -0.138. The Hall–Kier alpha value is -1.43. The number of hydrogen-bond donors (Lipinski definition) is 2. The van der Waals surface area contributed by atoms with E-state index in [1.165, 1.54) is 6.07 Å². The molecule has 0 saturated carbocycles. The van der Waals surface area contributed by atoms with Gasteiger partial charge < -0.3 is 10.4 Å². The predicted octanol–water partition coefficient (Wildman–Crippen LogP) is 4.02. The van der Waals surface area contributed by atoms with Crippen LogP contribution < -0.4 is 5.32 Å². The molecule has 1 rings (SSSR count). The molecule has 0 aliphatic heterocycles. The van der Waals surface area contributed by atoms with Gasteiger partial charge >= 0.3 is 12.1 Å². The molecule has 106 valence electrons. The van der Waals surface area contributed by atoms with Crippen molar-refractivity contribution in [3.05, 3.63) is 28.8 Å². The number of nitrogens with one attached hydrogen (secondary N) is 1. The number of carboxylic acids is 1. The number of hydrogen-bond acceptors (Lipinski definition) is 2. The highest BCUT2D eigenvalue weighted by Crippen LogP contribution is 2.33. The molecule has 0 spiro atoms. The standard InChI is InChI=1S/C12H13ClF3NO2/c1-7(2-3-11(18)19)17-10-5-8(12(14,15)16)4-9(13)6-10/h4-7,17H,2-3H2,1H3,(H,18,19). The summed E-state index contributed by atoms with van der Waals surface area (Å²) in [4.78, 5) is 10.4. The zero-order valence-electron chi connectivity index (χ0n) is 10.1. The molecular formula is C12H13ClF3NO2. The number of rotatable bonds is 5. The highest BCUT2D eigenvalue weighted by Gasteiger charge is 2.31. The lowest BCUT2D eigenvalue weighted by Gasteiger charge is -2.16. The second-order valence-electron chi connectivity index (χ2n) is 4.20. The van der Waals surface area contributed by atoms with Gasteiger partial charge in [-0.25, -0.2) is 0 Å². The summed E-state index contributed by atoms with van der Waals surface area (Å²) in [7, 11) is 0. The van der Waals surface area contributed by atoms with E-state index >= 15 is 0 Å². The number of benzene rings is 1. The van der Waals surface area contributed by atoms with Crippen LogP contribution in [0.5, 0.6) is 0 Å². The van der Waals surface area contributed by atoms with Gasteiger partial charge in [-0.05, 0) is 31.5 Å². The van der Waals surface area contributed by atoms with E-state index in [0.717, 1.165) is 12.1 Å². The highest BCUT2D eigenvalue weighted by atomic mass is 35.5. The molecule has 0 aliphatic rings. The fraction of sp³-hybridized carbons (Fsp3) is 0.417. The average Bonchev–Trinajstić information content (AvgIpc) is 2.24. The minimum absolute atomic E-state index is 0.0252. The third kappa shape index (κ3) is 5.38. The van der Waals surface area contributed by atoms with Crippen LogP contribution in [-0.4, -0.2) is 17.1 Å². The molecular weight excluding hydrogens is 283 g/mol. The summed E-state index contributed by atoms with van der Waals surface area (Å²) < 4.78 is 37.7. The van der Waals surface area contributed by atoms with Crippen molar-refractivity contribution in [1.29, 1.82) is 0 Å². The van der Waals surface area contributed by atoms with Crippen molar-refractivity contribution in [3.63, 3.8) is 0 Å². The van der Waals surface area contributed by atoms with Crippen molar-refractivity contribution in [1.82, 2.24) is 0 Å². The predicted molar refractivity (Wildman–Crippen MR) is 66.4 cm³/mol. The number of aliphatic carboxylic acids is 1. The average molecular weight is 296 g/mol. The maximum absolute atomic E-state index is 12.6. The Morgan fingerprint density at radius 1 is 1.42 bits per heavy atom. The van der Waals surface area contributed by atoms with E-state index < -0.39 is 17.7 Å². The Balaban J connectivity index is 2.78. The molecule has 0 amide bonds. The monoisotopic (exact) mass is 295 g/mol. The maximum Gasteiger partial charge on any atom is 0.416 e. The molecule has 1 aromatic carbocycles. The van der Waals surface area contributed by atoms with Crippen LogP contribution in [-0.2, 0) is 11.0 Å². The molecule has 0 heterocycles. The number of alkyl halides is 3. The van der Waals surface area contributed by atoms with E-state index in [-0.39, 0.29) is 23.2 Å². The molecule has 19 heavy (non-hydrogen) atoms. The molecule has 2 N–H and O–H groups in total. The summed E-state index contributed by atoms with van der Waals surface area (Å²) in [6, 6.07) is 2.89. The summed E-state index contributed by atoms with van der Waals surface area (Å²) in [5.74, 6) is -0.948. The summed E-state index contributed by atoms with van der Waals surface area (Å²) in [5.41, 5.74) is -0.620. The summed E-state index contributed by atoms with van der Waals surface area (Å²) in [5, 5.41) is 11.3. The smallest absolute Gasteiger partial charge is 0.416 e. The SMILES string of the molecule is CC(CCC(=O)O)Nc1cc(Cl)cc(C(F)(F)F)c1. The lowest BCUT2D eigenvalue weighted by Crippen LogP contribution is -2.17. The number of halogens is 4. The van der Waals surface area contributed by atoms with Crippen molar-refractivity contribution in [2.75, 3.05) is 5.32 Å². The Morgan fingerprint density at radius 2 is 2.05 bits per heavy atom. The largest absolute Gasteiger partial charge is 0.481 e. The zero-order valence-corrected chi connectivity index (χ0v) is 10.8. The van der Waals surface area contributed by atoms with Crippen LogP contribution in [0.3, 0.4) is 0 Å². The second kappa shape index (κ2) is 6.14. The summed E-state index contributed by atoms with van der Waals surface area (Å²) in [6.45, 7) is 1.69. The van der Waals surface area contributed by atoms with E-state index in [4.69, 9.17) is 16.7 Å². The van der Waals surface area contributed by atoms with Gasteiger partial charge in [-0.15, -0.1) is 0 Å². The third-order valence-electron chi connectivity index (χ3n) is 2.43. The van der Waals surface area contributed by atoms with Gasteiger partial charge in [0.1, 0.15) is 0 Å². The summed E-state index contributed by atoms with van der Waals surface area (Å²) in [6.07, 6.45) is -4.21. The third-order valence-corrected chi connectivity index (χ3v) is 2.65. The zero-order chi connectivity index (χ0) is 14.6. The van der Waals surface area contributed by atoms with Crippen molar-refractivity contribution in [2.24, 2.45) is 0 Å². The fourth-order valence-corrected chi connectivity index (χ4v) is 1.77. The Bertz CT molecular complexity index is 463. The van der Waals surface area contributed by atoms with Crippen molar-refractivity contribution >= 4 is 23.3 Å². The van der Waals surface area contributed by atoms with Gasteiger partial charge in [0.2, 0.25) is 0 Å². The molecule has 0 fully saturated rings. The van der Waals surface area contributed by atoms with Crippen molar-refractivity contribution in [3.8, 4) is 0 Å². The molecule has 7 heteroatoms. The minimum atomic E-state index is -4.47. The van der Waals surface area contributed by atoms with E-state index in [0.29, 0.717) is 6.42 Å². The van der Waals surface area contributed by atoms with E-state index in [1.807, 2.05) is 0 Å². The van der Waals surface area contributed by atoms with Crippen molar-refractivity contribution in [2.45, 2.75) is 32.0 Å². The van der Waals surface area contributed by atoms with Crippen LogP contribution in [0.1, 0.15) is 25.3 Å².